The van der Waals surface area contributed by atoms with E-state index in [-0.39, 0.29) is 12.3 Å². The largest absolute Gasteiger partial charge is 0.481 e. The second-order valence-corrected chi connectivity index (χ2v) is 4.90. The lowest BCUT2D eigenvalue weighted by molar-refractivity contribution is -0.152. The number of aliphatic carboxylic acids is 1. The number of rotatable bonds is 6. The summed E-state index contributed by atoms with van der Waals surface area (Å²) in [5.74, 6) is -1.73. The fourth-order valence-electron chi connectivity index (χ4n) is 2.11. The van der Waals surface area contributed by atoms with E-state index in [0.29, 0.717) is 18.5 Å². The first kappa shape index (κ1) is 16.1. The molecular formula is C15H20FNO3. The monoisotopic (exact) mass is 281 g/mol. The molecule has 5 heteroatoms. The Hall–Kier alpha value is -1.91. The van der Waals surface area contributed by atoms with E-state index >= 15 is 0 Å². The third-order valence-electron chi connectivity index (χ3n) is 3.87. The molecule has 0 unspecified atom stereocenters. The van der Waals surface area contributed by atoms with Crippen LogP contribution >= 0.6 is 0 Å². The third-order valence-corrected chi connectivity index (χ3v) is 3.87. The van der Waals surface area contributed by atoms with Crippen molar-refractivity contribution in [2.24, 2.45) is 5.41 Å². The van der Waals surface area contributed by atoms with Crippen molar-refractivity contribution in [3.63, 3.8) is 0 Å². The lowest BCUT2D eigenvalue weighted by Gasteiger charge is -2.28. The lowest BCUT2D eigenvalue weighted by Crippen LogP contribution is -2.37. The number of nitrogens with zero attached hydrogens (tertiary/aromatic N) is 1. The Morgan fingerprint density at radius 1 is 1.30 bits per heavy atom. The molecule has 0 bridgehead atoms. The lowest BCUT2D eigenvalue weighted by atomic mass is 9.79. The van der Waals surface area contributed by atoms with Gasteiger partial charge in [0.05, 0.1) is 5.41 Å². The van der Waals surface area contributed by atoms with Crippen molar-refractivity contribution >= 4 is 17.6 Å². The van der Waals surface area contributed by atoms with Crippen LogP contribution in [0.5, 0.6) is 0 Å². The summed E-state index contributed by atoms with van der Waals surface area (Å²) in [6.45, 7) is 3.51. The number of carboxylic acid groups (broad SMARTS) is 1. The topological polar surface area (TPSA) is 57.6 Å². The van der Waals surface area contributed by atoms with Gasteiger partial charge in [0, 0.05) is 19.2 Å². The summed E-state index contributed by atoms with van der Waals surface area (Å²) in [6.07, 6.45) is 0.658. The number of hydrogen-bond donors (Lipinski definition) is 1. The second kappa shape index (κ2) is 6.50. The van der Waals surface area contributed by atoms with Crippen molar-refractivity contribution in [2.75, 3.05) is 11.9 Å². The summed E-state index contributed by atoms with van der Waals surface area (Å²) < 4.78 is 13.2. The van der Waals surface area contributed by atoms with E-state index in [2.05, 4.69) is 0 Å². The highest BCUT2D eigenvalue weighted by Gasteiger charge is 2.38. The molecule has 1 aromatic rings. The molecule has 0 aromatic heterocycles. The van der Waals surface area contributed by atoms with Crippen LogP contribution in [0.3, 0.4) is 0 Å². The van der Waals surface area contributed by atoms with Crippen LogP contribution in [0.2, 0.25) is 0 Å². The second-order valence-electron chi connectivity index (χ2n) is 4.90. The van der Waals surface area contributed by atoms with Crippen LogP contribution in [0.4, 0.5) is 10.1 Å². The first-order chi connectivity index (χ1) is 9.36. The van der Waals surface area contributed by atoms with E-state index in [1.54, 1.807) is 19.9 Å². The van der Waals surface area contributed by atoms with Gasteiger partial charge in [-0.25, -0.2) is 4.39 Å². The molecular weight excluding hydrogens is 261 g/mol. The molecule has 0 atom stereocenters. The maximum atomic E-state index is 13.2. The average molecular weight is 281 g/mol. The highest BCUT2D eigenvalue weighted by molar-refractivity contribution is 5.95. The first-order valence-electron chi connectivity index (χ1n) is 6.62. The molecule has 4 nitrogen and oxygen atoms in total. The van der Waals surface area contributed by atoms with Gasteiger partial charge in [-0.3, -0.25) is 9.59 Å². The van der Waals surface area contributed by atoms with Crippen LogP contribution in [-0.2, 0) is 9.59 Å². The number of hydrogen-bond acceptors (Lipinski definition) is 2. The Morgan fingerprint density at radius 2 is 1.90 bits per heavy atom. The van der Waals surface area contributed by atoms with Crippen molar-refractivity contribution in [3.05, 3.63) is 30.1 Å². The van der Waals surface area contributed by atoms with E-state index in [1.165, 1.54) is 30.1 Å². The van der Waals surface area contributed by atoms with Gasteiger partial charge in [0.1, 0.15) is 5.82 Å². The highest BCUT2D eigenvalue weighted by Crippen LogP contribution is 2.32. The summed E-state index contributed by atoms with van der Waals surface area (Å²) in [4.78, 5) is 24.9. The van der Waals surface area contributed by atoms with E-state index < -0.39 is 17.2 Å². The van der Waals surface area contributed by atoms with Crippen LogP contribution in [-0.4, -0.2) is 24.0 Å². The van der Waals surface area contributed by atoms with Gasteiger partial charge in [-0.05, 0) is 31.0 Å². The smallest absolute Gasteiger partial charge is 0.310 e. The zero-order valence-electron chi connectivity index (χ0n) is 12.0. The number of benzene rings is 1. The number of halogens is 1. The Bertz CT molecular complexity index is 498. The maximum Gasteiger partial charge on any atom is 0.310 e. The Morgan fingerprint density at radius 3 is 2.35 bits per heavy atom. The molecule has 1 N–H and O–H groups in total. The summed E-state index contributed by atoms with van der Waals surface area (Å²) in [5, 5.41) is 9.34. The molecule has 20 heavy (non-hydrogen) atoms. The van der Waals surface area contributed by atoms with Gasteiger partial charge in [0.25, 0.3) is 0 Å². The van der Waals surface area contributed by atoms with Crippen LogP contribution < -0.4 is 4.90 Å². The quantitative estimate of drug-likeness (QED) is 0.871. The van der Waals surface area contributed by atoms with Gasteiger partial charge in [-0.1, -0.05) is 19.9 Å². The predicted molar refractivity (Wildman–Crippen MR) is 75.1 cm³/mol. The minimum atomic E-state index is -1.06. The molecule has 0 aliphatic carbocycles. The van der Waals surface area contributed by atoms with Crippen molar-refractivity contribution in [3.8, 4) is 0 Å². The maximum absolute atomic E-state index is 13.2. The average Bonchev–Trinajstić information content (AvgIpc) is 2.43. The normalized spacial score (nSPS) is 11.2. The molecule has 0 saturated heterocycles. The van der Waals surface area contributed by atoms with Crippen molar-refractivity contribution in [2.45, 2.75) is 33.1 Å². The number of anilines is 1. The fourth-order valence-corrected chi connectivity index (χ4v) is 2.11. The Kier molecular flexibility index (Phi) is 5.25. The van der Waals surface area contributed by atoms with Crippen molar-refractivity contribution in [1.82, 2.24) is 0 Å². The molecule has 1 rings (SSSR count). The minimum Gasteiger partial charge on any atom is -0.481 e. The van der Waals surface area contributed by atoms with Crippen LogP contribution in [0.25, 0.3) is 0 Å². The standard InChI is InChI=1S/C15H20FNO3/c1-4-15(5-2,14(19)20)10-13(18)17(3)12-8-6-7-11(16)9-12/h6-9H,4-5,10H2,1-3H3,(H,19,20). The number of carbonyl (C=O) groups excluding carboxylic acids is 1. The molecule has 0 fully saturated rings. The fraction of sp³-hybridized carbons (Fsp3) is 0.467. The zero-order chi connectivity index (χ0) is 15.3. The van der Waals surface area contributed by atoms with Crippen LogP contribution in [0.15, 0.2) is 24.3 Å². The van der Waals surface area contributed by atoms with Crippen LogP contribution in [0, 0.1) is 11.2 Å². The van der Waals surface area contributed by atoms with E-state index in [4.69, 9.17) is 0 Å². The SMILES string of the molecule is CCC(CC)(CC(=O)N(C)c1cccc(F)c1)C(=O)O. The molecule has 1 amide bonds. The minimum absolute atomic E-state index is 0.0949. The number of amides is 1. The van der Waals surface area contributed by atoms with E-state index in [0.717, 1.165) is 0 Å². The molecule has 0 heterocycles. The van der Waals surface area contributed by atoms with Gasteiger partial charge < -0.3 is 10.0 Å². The molecule has 1 aromatic carbocycles. The van der Waals surface area contributed by atoms with E-state index in [9.17, 15) is 19.1 Å². The molecule has 110 valence electrons. The predicted octanol–water partition coefficient (Wildman–Crippen LogP) is 3.07. The zero-order valence-corrected chi connectivity index (χ0v) is 12.0. The molecule has 0 radical (unpaired) electrons. The Labute approximate surface area is 118 Å². The summed E-state index contributed by atoms with van der Waals surface area (Å²) in [5.41, 5.74) is -0.639. The van der Waals surface area contributed by atoms with Crippen molar-refractivity contribution in [1.29, 1.82) is 0 Å². The van der Waals surface area contributed by atoms with Gasteiger partial charge in [-0.2, -0.15) is 0 Å². The third kappa shape index (κ3) is 3.35. The molecule has 0 spiro atoms. The number of carboxylic acids is 1. The van der Waals surface area contributed by atoms with Gasteiger partial charge in [0.15, 0.2) is 0 Å². The summed E-state index contributed by atoms with van der Waals surface area (Å²) in [6, 6.07) is 5.67. The molecule has 0 saturated carbocycles. The van der Waals surface area contributed by atoms with E-state index in [1.807, 2.05) is 0 Å². The van der Waals surface area contributed by atoms with Crippen molar-refractivity contribution < 1.29 is 19.1 Å². The first-order valence-corrected chi connectivity index (χ1v) is 6.62. The number of carbonyl (C=O) groups is 2. The Balaban J connectivity index is 2.92. The van der Waals surface area contributed by atoms with Gasteiger partial charge >= 0.3 is 5.97 Å². The van der Waals surface area contributed by atoms with Crippen LogP contribution in [0.1, 0.15) is 33.1 Å². The van der Waals surface area contributed by atoms with Gasteiger partial charge in [-0.15, -0.1) is 0 Å². The highest BCUT2D eigenvalue weighted by atomic mass is 19.1. The summed E-state index contributed by atoms with van der Waals surface area (Å²) in [7, 11) is 1.52. The molecule has 0 aliphatic rings. The van der Waals surface area contributed by atoms with Gasteiger partial charge in [0.2, 0.25) is 5.91 Å². The summed E-state index contributed by atoms with van der Waals surface area (Å²) >= 11 is 0. The molecule has 0 aliphatic heterocycles.